The number of aromatic nitrogens is 2. The van der Waals surface area contributed by atoms with Crippen LogP contribution in [0.3, 0.4) is 0 Å². The fraction of sp³-hybridized carbons (Fsp3) is 0.111. The van der Waals surface area contributed by atoms with Gasteiger partial charge in [-0.3, -0.25) is 0 Å². The van der Waals surface area contributed by atoms with Crippen LogP contribution in [0, 0.1) is 6.92 Å². The number of nitrogens with zero attached hydrogens (tertiary/aromatic N) is 2. The first-order valence-corrected chi connectivity index (χ1v) is 6.81. The molecule has 0 saturated heterocycles. The third-order valence-electron chi connectivity index (χ3n) is 4.16. The summed E-state index contributed by atoms with van der Waals surface area (Å²) in [6.07, 6.45) is 1.90. The third kappa shape index (κ3) is 1.45. The van der Waals surface area contributed by atoms with Gasteiger partial charge in [-0.15, -0.1) is 0 Å². The molecule has 4 rings (SSSR count). The van der Waals surface area contributed by atoms with E-state index in [1.54, 1.807) is 0 Å². The third-order valence-corrected chi connectivity index (χ3v) is 4.16. The summed E-state index contributed by atoms with van der Waals surface area (Å²) in [5.41, 5.74) is 2.33. The molecule has 3 aromatic carbocycles. The van der Waals surface area contributed by atoms with Gasteiger partial charge < -0.3 is 0 Å². The number of rotatable bonds is 0. The van der Waals surface area contributed by atoms with E-state index in [2.05, 4.69) is 65.0 Å². The molecule has 0 fully saturated rings. The van der Waals surface area contributed by atoms with Crippen LogP contribution in [0.2, 0.25) is 0 Å². The fourth-order valence-corrected chi connectivity index (χ4v) is 2.93. The maximum absolute atomic E-state index is 4.68. The summed E-state index contributed by atoms with van der Waals surface area (Å²) in [4.78, 5) is 4.68. The molecule has 0 spiro atoms. The van der Waals surface area contributed by atoms with Gasteiger partial charge in [0, 0.05) is 5.39 Å². The van der Waals surface area contributed by atoms with Crippen molar-refractivity contribution in [1.82, 2.24) is 4.98 Å². The molecule has 0 atom stereocenters. The first kappa shape index (κ1) is 11.4. The van der Waals surface area contributed by atoms with Crippen molar-refractivity contribution in [3.8, 4) is 0 Å². The predicted octanol–water partition coefficient (Wildman–Crippen LogP) is 3.67. The van der Waals surface area contributed by atoms with Crippen LogP contribution in [0.1, 0.15) is 5.69 Å². The van der Waals surface area contributed by atoms with E-state index in [9.17, 15) is 0 Å². The van der Waals surface area contributed by atoms with Gasteiger partial charge in [-0.05, 0) is 34.1 Å². The highest BCUT2D eigenvalue weighted by Crippen LogP contribution is 2.31. The van der Waals surface area contributed by atoms with Gasteiger partial charge in [0.2, 0.25) is 0 Å². The van der Waals surface area contributed by atoms with E-state index in [1.807, 2.05) is 13.4 Å². The van der Waals surface area contributed by atoms with Crippen molar-refractivity contribution < 1.29 is 4.57 Å². The SMILES string of the molecule is Cc1c2ccc3ccc4ccccc4c3c2nc[n+]1C. The smallest absolute Gasteiger partial charge is 0.237 e. The highest BCUT2D eigenvalue weighted by molar-refractivity contribution is 6.18. The Morgan fingerprint density at radius 3 is 2.50 bits per heavy atom. The second-order valence-corrected chi connectivity index (χ2v) is 5.29. The zero-order chi connectivity index (χ0) is 13.7. The van der Waals surface area contributed by atoms with E-state index in [4.69, 9.17) is 0 Å². The quantitative estimate of drug-likeness (QED) is 0.348. The number of hydrogen-bond acceptors (Lipinski definition) is 1. The molecule has 0 bridgehead atoms. The van der Waals surface area contributed by atoms with Gasteiger partial charge in [-0.2, -0.15) is 0 Å². The number of fused-ring (bicyclic) bond motifs is 5. The lowest BCUT2D eigenvalue weighted by Crippen LogP contribution is -2.32. The summed E-state index contributed by atoms with van der Waals surface area (Å²) in [7, 11) is 2.04. The summed E-state index contributed by atoms with van der Waals surface area (Å²) in [6, 6.07) is 17.2. The maximum atomic E-state index is 4.68. The van der Waals surface area contributed by atoms with Gasteiger partial charge >= 0.3 is 0 Å². The molecule has 2 heteroatoms. The maximum Gasteiger partial charge on any atom is 0.286 e. The molecule has 20 heavy (non-hydrogen) atoms. The Hall–Kier alpha value is -2.48. The van der Waals surface area contributed by atoms with E-state index >= 15 is 0 Å². The zero-order valence-corrected chi connectivity index (χ0v) is 11.6. The number of aryl methyl sites for hydroxylation is 2. The second kappa shape index (κ2) is 4.01. The van der Waals surface area contributed by atoms with Crippen molar-refractivity contribution in [3.05, 3.63) is 60.6 Å². The Kier molecular flexibility index (Phi) is 2.27. The standard InChI is InChI=1S/C18H15N2/c1-12-15-10-9-14-8-7-13-5-3-4-6-16(13)17(14)18(15)19-11-20(12)2/h3-11H,1-2H3/q+1. The first-order valence-electron chi connectivity index (χ1n) is 6.81. The van der Waals surface area contributed by atoms with Crippen LogP contribution in [-0.2, 0) is 7.05 Å². The lowest BCUT2D eigenvalue weighted by Gasteiger charge is -2.06. The molecule has 0 aliphatic carbocycles. The topological polar surface area (TPSA) is 16.8 Å². The lowest BCUT2D eigenvalue weighted by atomic mass is 9.99. The van der Waals surface area contributed by atoms with Gasteiger partial charge in [0.05, 0.1) is 12.4 Å². The summed E-state index contributed by atoms with van der Waals surface area (Å²) in [5, 5.41) is 6.26. The van der Waals surface area contributed by atoms with E-state index in [1.165, 1.54) is 32.6 Å². The summed E-state index contributed by atoms with van der Waals surface area (Å²) < 4.78 is 2.07. The van der Waals surface area contributed by atoms with Crippen LogP contribution in [0.5, 0.6) is 0 Å². The van der Waals surface area contributed by atoms with Crippen molar-refractivity contribution in [1.29, 1.82) is 0 Å². The van der Waals surface area contributed by atoms with Gasteiger partial charge in [0.15, 0.2) is 5.52 Å². The Morgan fingerprint density at radius 2 is 1.60 bits per heavy atom. The van der Waals surface area contributed by atoms with Gasteiger partial charge in [0.25, 0.3) is 6.33 Å². The number of hydrogen-bond donors (Lipinski definition) is 0. The van der Waals surface area contributed by atoms with Crippen molar-refractivity contribution in [2.24, 2.45) is 7.05 Å². The molecule has 1 heterocycles. The molecular weight excluding hydrogens is 244 g/mol. The molecule has 0 unspecified atom stereocenters. The molecule has 1 aromatic heterocycles. The van der Waals surface area contributed by atoms with E-state index in [-0.39, 0.29) is 0 Å². The highest BCUT2D eigenvalue weighted by Gasteiger charge is 2.13. The largest absolute Gasteiger partial charge is 0.286 e. The van der Waals surface area contributed by atoms with Crippen molar-refractivity contribution in [2.45, 2.75) is 6.92 Å². The van der Waals surface area contributed by atoms with Crippen LogP contribution in [0.25, 0.3) is 32.4 Å². The summed E-state index contributed by atoms with van der Waals surface area (Å²) >= 11 is 0. The summed E-state index contributed by atoms with van der Waals surface area (Å²) in [5.74, 6) is 0. The second-order valence-electron chi connectivity index (χ2n) is 5.29. The molecule has 96 valence electrons. The van der Waals surface area contributed by atoms with Gasteiger partial charge in [0.1, 0.15) is 5.69 Å². The van der Waals surface area contributed by atoms with Crippen LogP contribution >= 0.6 is 0 Å². The summed E-state index contributed by atoms with van der Waals surface area (Å²) in [6.45, 7) is 2.14. The molecule has 0 N–H and O–H groups in total. The van der Waals surface area contributed by atoms with Crippen LogP contribution in [0.4, 0.5) is 0 Å². The molecular formula is C18H15N2+. The van der Waals surface area contributed by atoms with Crippen LogP contribution < -0.4 is 4.57 Å². The molecule has 0 aliphatic rings. The minimum atomic E-state index is 1.09. The number of benzene rings is 3. The molecule has 0 aliphatic heterocycles. The van der Waals surface area contributed by atoms with E-state index in [0.717, 1.165) is 5.52 Å². The van der Waals surface area contributed by atoms with Crippen molar-refractivity contribution in [2.75, 3.05) is 0 Å². The van der Waals surface area contributed by atoms with Gasteiger partial charge in [-0.1, -0.05) is 42.5 Å². The lowest BCUT2D eigenvalue weighted by molar-refractivity contribution is -0.679. The molecule has 0 saturated carbocycles. The Morgan fingerprint density at radius 1 is 0.850 bits per heavy atom. The van der Waals surface area contributed by atoms with Crippen LogP contribution in [-0.4, -0.2) is 4.98 Å². The molecule has 4 aromatic rings. The molecule has 0 radical (unpaired) electrons. The average Bonchev–Trinajstić information content (AvgIpc) is 2.50. The van der Waals surface area contributed by atoms with Crippen LogP contribution in [0.15, 0.2) is 54.9 Å². The van der Waals surface area contributed by atoms with Crippen molar-refractivity contribution >= 4 is 32.4 Å². The fourth-order valence-electron chi connectivity index (χ4n) is 2.93. The highest BCUT2D eigenvalue weighted by atomic mass is 15.0. The average molecular weight is 259 g/mol. The minimum absolute atomic E-state index is 1.09. The Balaban J connectivity index is 2.34. The van der Waals surface area contributed by atoms with Gasteiger partial charge in [-0.25, -0.2) is 4.57 Å². The Labute approximate surface area is 117 Å². The predicted molar refractivity (Wildman–Crippen MR) is 82.7 cm³/mol. The van der Waals surface area contributed by atoms with E-state index < -0.39 is 0 Å². The first-order chi connectivity index (χ1) is 9.75. The Bertz CT molecular complexity index is 971. The normalized spacial score (nSPS) is 11.5. The van der Waals surface area contributed by atoms with E-state index in [0.29, 0.717) is 0 Å². The molecule has 0 amide bonds. The minimum Gasteiger partial charge on any atom is -0.237 e. The zero-order valence-electron chi connectivity index (χ0n) is 11.6. The van der Waals surface area contributed by atoms with Crippen molar-refractivity contribution in [3.63, 3.8) is 0 Å². The molecule has 2 nitrogen and oxygen atoms in total. The monoisotopic (exact) mass is 259 g/mol.